The van der Waals surface area contributed by atoms with Crippen molar-refractivity contribution in [1.29, 1.82) is 0 Å². The van der Waals surface area contributed by atoms with E-state index in [9.17, 15) is 9.90 Å². The molecule has 2 heterocycles. The monoisotopic (exact) mass is 340 g/mol. The van der Waals surface area contributed by atoms with Gasteiger partial charge in [0.2, 0.25) is 0 Å². The zero-order valence-corrected chi connectivity index (χ0v) is 14.3. The minimum absolute atomic E-state index is 0.0375. The van der Waals surface area contributed by atoms with Crippen LogP contribution in [0.25, 0.3) is 0 Å². The molecule has 1 fully saturated rings. The number of carbonyl (C=O) groups is 1. The highest BCUT2D eigenvalue weighted by atomic mass is 16.3. The van der Waals surface area contributed by atoms with E-state index >= 15 is 0 Å². The highest BCUT2D eigenvalue weighted by Crippen LogP contribution is 2.36. The summed E-state index contributed by atoms with van der Waals surface area (Å²) in [5.74, 6) is 0.0375. The maximum atomic E-state index is 12.3. The minimum Gasteiger partial charge on any atom is -0.472 e. The van der Waals surface area contributed by atoms with E-state index in [-0.39, 0.29) is 5.91 Å². The minimum atomic E-state index is -0.764. The zero-order chi connectivity index (χ0) is 17.3. The molecule has 1 saturated heterocycles. The number of likely N-dealkylation sites (tertiary alicyclic amines) is 1. The van der Waals surface area contributed by atoms with Crippen LogP contribution in [0.15, 0.2) is 47.3 Å². The summed E-state index contributed by atoms with van der Waals surface area (Å²) in [7, 11) is 0. The second-order valence-electron chi connectivity index (χ2n) is 7.15. The first kappa shape index (κ1) is 16.4. The normalized spacial score (nSPS) is 23.6. The molecule has 1 amide bonds. The van der Waals surface area contributed by atoms with Gasteiger partial charge in [0, 0.05) is 25.7 Å². The Bertz CT molecular complexity index is 735. The lowest BCUT2D eigenvalue weighted by Crippen LogP contribution is -2.48. The van der Waals surface area contributed by atoms with Crippen molar-refractivity contribution in [3.8, 4) is 0 Å². The summed E-state index contributed by atoms with van der Waals surface area (Å²) in [5.41, 5.74) is 2.17. The Morgan fingerprint density at radius 2 is 2.08 bits per heavy atom. The molecule has 2 aliphatic rings. The Balaban J connectivity index is 1.30. The number of aliphatic hydroxyl groups is 1. The Labute approximate surface area is 147 Å². The Morgan fingerprint density at radius 1 is 1.28 bits per heavy atom. The third-order valence-electron chi connectivity index (χ3n) is 5.56. The van der Waals surface area contributed by atoms with E-state index in [1.807, 2.05) is 23.1 Å². The predicted octanol–water partition coefficient (Wildman–Crippen LogP) is 2.31. The molecule has 1 atom stereocenters. The number of carbonyl (C=O) groups excluding carboxylic acids is 1. The van der Waals surface area contributed by atoms with E-state index in [0.717, 1.165) is 44.3 Å². The van der Waals surface area contributed by atoms with Gasteiger partial charge in [-0.2, -0.15) is 0 Å². The zero-order valence-electron chi connectivity index (χ0n) is 14.3. The van der Waals surface area contributed by atoms with Crippen LogP contribution in [0.2, 0.25) is 0 Å². The van der Waals surface area contributed by atoms with Crippen LogP contribution in [0.3, 0.4) is 0 Å². The smallest absolute Gasteiger partial charge is 0.257 e. The van der Waals surface area contributed by atoms with E-state index in [4.69, 9.17) is 4.42 Å². The van der Waals surface area contributed by atoms with E-state index in [2.05, 4.69) is 11.4 Å². The third kappa shape index (κ3) is 3.22. The van der Waals surface area contributed by atoms with Gasteiger partial charge >= 0.3 is 0 Å². The van der Waals surface area contributed by atoms with Gasteiger partial charge in [-0.15, -0.1) is 0 Å². The van der Waals surface area contributed by atoms with Crippen LogP contribution < -0.4 is 5.32 Å². The lowest BCUT2D eigenvalue weighted by Gasteiger charge is -2.34. The second kappa shape index (κ2) is 6.65. The quantitative estimate of drug-likeness (QED) is 0.896. The number of piperidine rings is 1. The average molecular weight is 340 g/mol. The number of hydrogen-bond acceptors (Lipinski definition) is 4. The van der Waals surface area contributed by atoms with Crippen molar-refractivity contribution >= 4 is 5.91 Å². The first-order valence-electron chi connectivity index (χ1n) is 9.01. The van der Waals surface area contributed by atoms with Crippen molar-refractivity contribution in [1.82, 2.24) is 10.2 Å². The molecule has 0 saturated carbocycles. The van der Waals surface area contributed by atoms with Crippen LogP contribution in [0.5, 0.6) is 0 Å². The molecule has 25 heavy (non-hydrogen) atoms. The molecule has 2 N–H and O–H groups in total. The van der Waals surface area contributed by atoms with Crippen LogP contribution in [-0.2, 0) is 12.0 Å². The van der Waals surface area contributed by atoms with Crippen molar-refractivity contribution in [2.45, 2.75) is 37.3 Å². The molecule has 1 aliphatic carbocycles. The van der Waals surface area contributed by atoms with Gasteiger partial charge in [0.1, 0.15) is 11.9 Å². The van der Waals surface area contributed by atoms with Crippen LogP contribution in [-0.4, -0.2) is 41.6 Å². The fourth-order valence-electron chi connectivity index (χ4n) is 4.02. The summed E-state index contributed by atoms with van der Waals surface area (Å²) in [6.07, 6.45) is 6.55. The Morgan fingerprint density at radius 3 is 2.84 bits per heavy atom. The lowest BCUT2D eigenvalue weighted by molar-refractivity contribution is 0.0323. The highest BCUT2D eigenvalue weighted by molar-refractivity contribution is 5.93. The first-order valence-corrected chi connectivity index (χ1v) is 9.01. The van der Waals surface area contributed by atoms with Crippen LogP contribution >= 0.6 is 0 Å². The van der Waals surface area contributed by atoms with Crippen LogP contribution in [0.1, 0.15) is 40.7 Å². The van der Waals surface area contributed by atoms with Gasteiger partial charge in [0.05, 0.1) is 11.8 Å². The largest absolute Gasteiger partial charge is 0.472 e. The summed E-state index contributed by atoms with van der Waals surface area (Å²) in [5, 5.41) is 14.5. The molecule has 0 unspecified atom stereocenters. The number of benzene rings is 1. The molecule has 0 radical (unpaired) electrons. The van der Waals surface area contributed by atoms with Gasteiger partial charge in [-0.1, -0.05) is 24.3 Å². The van der Waals surface area contributed by atoms with Gasteiger partial charge in [-0.05, 0) is 42.9 Å². The van der Waals surface area contributed by atoms with Crippen molar-refractivity contribution in [3.05, 3.63) is 59.5 Å². The topological polar surface area (TPSA) is 65.7 Å². The van der Waals surface area contributed by atoms with E-state index in [0.29, 0.717) is 18.2 Å². The average Bonchev–Trinajstić information content (AvgIpc) is 3.30. The van der Waals surface area contributed by atoms with Crippen LogP contribution in [0, 0.1) is 0 Å². The van der Waals surface area contributed by atoms with Gasteiger partial charge < -0.3 is 19.7 Å². The number of nitrogens with zero attached hydrogens (tertiary/aromatic N) is 1. The van der Waals surface area contributed by atoms with Crippen molar-refractivity contribution in [3.63, 3.8) is 0 Å². The Kier molecular flexibility index (Phi) is 4.36. The molecule has 0 spiro atoms. The summed E-state index contributed by atoms with van der Waals surface area (Å²) < 4.78 is 5.00. The molecule has 0 bridgehead atoms. The van der Waals surface area contributed by atoms with Crippen LogP contribution in [0.4, 0.5) is 0 Å². The third-order valence-corrected chi connectivity index (χ3v) is 5.56. The summed E-state index contributed by atoms with van der Waals surface area (Å²) in [6, 6.07) is 10.2. The number of fused-ring (bicyclic) bond motifs is 1. The van der Waals surface area contributed by atoms with Gasteiger partial charge in [-0.25, -0.2) is 0 Å². The van der Waals surface area contributed by atoms with E-state index in [1.165, 1.54) is 18.1 Å². The van der Waals surface area contributed by atoms with Crippen molar-refractivity contribution in [2.24, 2.45) is 0 Å². The molecule has 1 aliphatic heterocycles. The van der Waals surface area contributed by atoms with Gasteiger partial charge in [0.25, 0.3) is 5.91 Å². The molecular formula is C20H24N2O3. The molecule has 1 aromatic carbocycles. The molecular weight excluding hydrogens is 316 g/mol. The molecule has 1 aromatic heterocycles. The first-order chi connectivity index (χ1) is 12.2. The highest BCUT2D eigenvalue weighted by Gasteiger charge is 2.37. The second-order valence-corrected chi connectivity index (χ2v) is 7.15. The van der Waals surface area contributed by atoms with Crippen molar-refractivity contribution in [2.75, 3.05) is 19.6 Å². The number of furan rings is 1. The number of hydrogen-bond donors (Lipinski definition) is 2. The van der Waals surface area contributed by atoms with Gasteiger partial charge in [-0.3, -0.25) is 4.79 Å². The predicted molar refractivity (Wildman–Crippen MR) is 94.3 cm³/mol. The molecule has 5 heteroatoms. The fourth-order valence-corrected chi connectivity index (χ4v) is 4.02. The SMILES string of the molecule is O=C(c1ccoc1)N1CCC(NC[C@@]2(O)CCc3ccccc32)CC1. The van der Waals surface area contributed by atoms with Crippen molar-refractivity contribution < 1.29 is 14.3 Å². The number of aryl methyl sites for hydroxylation is 1. The summed E-state index contributed by atoms with van der Waals surface area (Å²) in [6.45, 7) is 2.04. The molecule has 5 nitrogen and oxygen atoms in total. The van der Waals surface area contributed by atoms with E-state index < -0.39 is 5.60 Å². The molecule has 4 rings (SSSR count). The maximum Gasteiger partial charge on any atom is 0.257 e. The molecule has 132 valence electrons. The Hall–Kier alpha value is -2.11. The van der Waals surface area contributed by atoms with Gasteiger partial charge in [0.15, 0.2) is 0 Å². The maximum absolute atomic E-state index is 12.3. The number of nitrogens with one attached hydrogen (secondary N) is 1. The standard InChI is InChI=1S/C20H24N2O3/c23-19(16-8-12-25-13-16)22-10-6-17(7-11-22)21-14-20(24)9-5-15-3-1-2-4-18(15)20/h1-4,8,12-13,17,21,24H,5-7,9-11,14H2/t20-/m0/s1. The number of rotatable bonds is 4. The summed E-state index contributed by atoms with van der Waals surface area (Å²) >= 11 is 0. The fraction of sp³-hybridized carbons (Fsp3) is 0.450. The lowest BCUT2D eigenvalue weighted by atomic mass is 9.94. The number of amides is 1. The van der Waals surface area contributed by atoms with E-state index in [1.54, 1.807) is 6.07 Å². The molecule has 2 aromatic rings. The summed E-state index contributed by atoms with van der Waals surface area (Å²) in [4.78, 5) is 14.2.